The summed E-state index contributed by atoms with van der Waals surface area (Å²) in [7, 11) is 0. The molecule has 4 nitrogen and oxygen atoms in total. The molecule has 1 spiro atoms. The maximum absolute atomic E-state index is 6.18. The fourth-order valence-corrected chi connectivity index (χ4v) is 4.69. The quantitative estimate of drug-likeness (QED) is 0.619. The third kappa shape index (κ3) is 3.05. The highest BCUT2D eigenvalue weighted by Gasteiger charge is 2.56. The molecule has 3 saturated carbocycles. The Bertz CT molecular complexity index is 370. The van der Waals surface area contributed by atoms with Crippen LogP contribution in [0.5, 0.6) is 0 Å². The van der Waals surface area contributed by atoms with E-state index in [4.69, 9.17) is 15.5 Å². The number of ether oxygens (including phenoxy) is 1. The molecule has 2 atom stereocenters. The Morgan fingerprint density at radius 2 is 1.90 bits per heavy atom. The zero-order valence-electron chi connectivity index (χ0n) is 13.4. The number of guanidine groups is 1. The lowest BCUT2D eigenvalue weighted by molar-refractivity contribution is -0.119. The summed E-state index contributed by atoms with van der Waals surface area (Å²) in [5.41, 5.74) is 6.48. The molecule has 0 aromatic rings. The van der Waals surface area contributed by atoms with Gasteiger partial charge in [0, 0.05) is 18.1 Å². The first-order valence-electron chi connectivity index (χ1n) is 8.96. The van der Waals surface area contributed by atoms with E-state index >= 15 is 0 Å². The van der Waals surface area contributed by atoms with Crippen LogP contribution in [0.4, 0.5) is 0 Å². The van der Waals surface area contributed by atoms with Crippen molar-refractivity contribution in [3.8, 4) is 0 Å². The Hall–Kier alpha value is -0.770. The normalized spacial score (nSPS) is 33.1. The van der Waals surface area contributed by atoms with Gasteiger partial charge in [-0.25, -0.2) is 4.99 Å². The minimum absolute atomic E-state index is 0.300. The predicted octanol–water partition coefficient (Wildman–Crippen LogP) is 2.96. The van der Waals surface area contributed by atoms with Crippen molar-refractivity contribution in [1.82, 2.24) is 5.32 Å². The second-order valence-electron chi connectivity index (χ2n) is 7.13. The van der Waals surface area contributed by atoms with E-state index in [2.05, 4.69) is 12.2 Å². The lowest BCUT2D eigenvalue weighted by atomic mass is 9.61. The first-order chi connectivity index (χ1) is 10.2. The highest BCUT2D eigenvalue weighted by molar-refractivity contribution is 5.78. The van der Waals surface area contributed by atoms with E-state index in [0.29, 0.717) is 29.6 Å². The third-order valence-corrected chi connectivity index (χ3v) is 5.90. The van der Waals surface area contributed by atoms with Crippen LogP contribution in [-0.2, 0) is 4.74 Å². The molecule has 0 aromatic carbocycles. The largest absolute Gasteiger partial charge is 0.378 e. The van der Waals surface area contributed by atoms with Crippen LogP contribution in [-0.4, -0.2) is 30.8 Å². The first kappa shape index (κ1) is 15.1. The minimum atomic E-state index is 0.300. The monoisotopic (exact) mass is 293 g/mol. The van der Waals surface area contributed by atoms with E-state index < -0.39 is 0 Å². The number of aliphatic imine (C=N–C) groups is 1. The molecule has 3 rings (SSSR count). The molecule has 120 valence electrons. The molecule has 0 radical (unpaired) electrons. The van der Waals surface area contributed by atoms with E-state index in [-0.39, 0.29) is 0 Å². The maximum Gasteiger partial charge on any atom is 0.189 e. The molecule has 21 heavy (non-hydrogen) atoms. The molecule has 3 fully saturated rings. The summed E-state index contributed by atoms with van der Waals surface area (Å²) in [4.78, 5) is 4.85. The van der Waals surface area contributed by atoms with Crippen LogP contribution in [0.1, 0.15) is 71.1 Å². The highest BCUT2D eigenvalue weighted by Crippen LogP contribution is 2.56. The molecular weight excluding hydrogens is 262 g/mol. The summed E-state index contributed by atoms with van der Waals surface area (Å²) in [6, 6.07) is 0.928. The summed E-state index contributed by atoms with van der Waals surface area (Å²) < 4.78 is 5.95. The van der Waals surface area contributed by atoms with Gasteiger partial charge in [-0.2, -0.15) is 0 Å². The molecule has 3 aliphatic carbocycles. The molecule has 0 aromatic heterocycles. The van der Waals surface area contributed by atoms with Gasteiger partial charge in [0.05, 0.1) is 12.1 Å². The second-order valence-corrected chi connectivity index (χ2v) is 7.13. The number of hydrogen-bond acceptors (Lipinski definition) is 2. The van der Waals surface area contributed by atoms with Crippen molar-refractivity contribution in [3.05, 3.63) is 0 Å². The zero-order chi connectivity index (χ0) is 14.7. The Labute approximate surface area is 128 Å². The molecule has 3 N–H and O–H groups in total. The predicted molar refractivity (Wildman–Crippen MR) is 86.4 cm³/mol. The Morgan fingerprint density at radius 1 is 1.19 bits per heavy atom. The lowest BCUT2D eigenvalue weighted by Crippen LogP contribution is -2.57. The second kappa shape index (κ2) is 6.55. The van der Waals surface area contributed by atoms with Gasteiger partial charge in [-0.15, -0.1) is 0 Å². The van der Waals surface area contributed by atoms with Crippen molar-refractivity contribution in [2.45, 2.75) is 89.3 Å². The van der Waals surface area contributed by atoms with E-state index in [1.807, 2.05) is 0 Å². The number of nitrogens with one attached hydrogen (secondary N) is 1. The summed E-state index contributed by atoms with van der Waals surface area (Å²) >= 11 is 0. The summed E-state index contributed by atoms with van der Waals surface area (Å²) in [6.07, 6.45) is 13.2. The molecular formula is C17H31N3O. The molecule has 2 unspecified atom stereocenters. The van der Waals surface area contributed by atoms with Crippen LogP contribution in [0.25, 0.3) is 0 Å². The zero-order valence-corrected chi connectivity index (χ0v) is 13.4. The molecule has 0 amide bonds. The van der Waals surface area contributed by atoms with Gasteiger partial charge in [-0.05, 0) is 39.0 Å². The van der Waals surface area contributed by atoms with Gasteiger partial charge < -0.3 is 15.8 Å². The highest BCUT2D eigenvalue weighted by atomic mass is 16.5. The van der Waals surface area contributed by atoms with Crippen LogP contribution >= 0.6 is 0 Å². The van der Waals surface area contributed by atoms with Gasteiger partial charge in [-0.1, -0.05) is 32.1 Å². The Morgan fingerprint density at radius 3 is 2.57 bits per heavy atom. The number of hydrogen-bond donors (Lipinski definition) is 2. The summed E-state index contributed by atoms with van der Waals surface area (Å²) in [5.74, 6) is 0.674. The Balaban J connectivity index is 1.59. The van der Waals surface area contributed by atoms with Crippen molar-refractivity contribution < 1.29 is 4.74 Å². The molecule has 0 bridgehead atoms. The number of nitrogens with zero attached hydrogens (tertiary/aromatic N) is 1. The van der Waals surface area contributed by atoms with Gasteiger partial charge >= 0.3 is 0 Å². The van der Waals surface area contributed by atoms with Crippen molar-refractivity contribution in [2.75, 3.05) is 6.61 Å². The van der Waals surface area contributed by atoms with Gasteiger partial charge in [0.2, 0.25) is 0 Å². The van der Waals surface area contributed by atoms with Crippen LogP contribution in [0.3, 0.4) is 0 Å². The van der Waals surface area contributed by atoms with Crippen molar-refractivity contribution >= 4 is 5.96 Å². The maximum atomic E-state index is 6.18. The molecule has 0 aliphatic heterocycles. The van der Waals surface area contributed by atoms with E-state index in [9.17, 15) is 0 Å². The van der Waals surface area contributed by atoms with Gasteiger partial charge in [0.25, 0.3) is 0 Å². The van der Waals surface area contributed by atoms with Gasteiger partial charge in [0.1, 0.15) is 0 Å². The molecule has 0 heterocycles. The van der Waals surface area contributed by atoms with Crippen molar-refractivity contribution in [2.24, 2.45) is 16.1 Å². The van der Waals surface area contributed by atoms with Crippen LogP contribution < -0.4 is 11.1 Å². The topological polar surface area (TPSA) is 59.6 Å². The number of nitrogens with two attached hydrogens (primary N) is 1. The first-order valence-corrected chi connectivity index (χ1v) is 8.96. The average molecular weight is 293 g/mol. The Kier molecular flexibility index (Phi) is 4.72. The van der Waals surface area contributed by atoms with Crippen molar-refractivity contribution in [1.29, 1.82) is 0 Å². The van der Waals surface area contributed by atoms with Crippen LogP contribution in [0, 0.1) is 5.41 Å². The lowest BCUT2D eigenvalue weighted by Gasteiger charge is -2.52. The van der Waals surface area contributed by atoms with E-state index in [1.54, 1.807) is 0 Å². The molecule has 4 heteroatoms. The third-order valence-electron chi connectivity index (χ3n) is 5.90. The smallest absolute Gasteiger partial charge is 0.189 e. The van der Waals surface area contributed by atoms with Crippen LogP contribution in [0.2, 0.25) is 0 Å². The van der Waals surface area contributed by atoms with Gasteiger partial charge in [-0.3, -0.25) is 0 Å². The molecule has 0 saturated heterocycles. The standard InChI is InChI=1S/C17H31N3O/c1-2-21-15-12-14(17(15)10-6-7-11-17)20-16(18)19-13-8-4-3-5-9-13/h13-15H,2-12H2,1H3,(H3,18,19,20). The summed E-state index contributed by atoms with van der Waals surface area (Å²) in [6.45, 7) is 2.91. The average Bonchev–Trinajstić information content (AvgIpc) is 3.00. The minimum Gasteiger partial charge on any atom is -0.378 e. The fourth-order valence-electron chi connectivity index (χ4n) is 4.69. The fraction of sp³-hybridized carbons (Fsp3) is 0.941. The number of rotatable bonds is 4. The van der Waals surface area contributed by atoms with E-state index in [0.717, 1.165) is 13.0 Å². The van der Waals surface area contributed by atoms with E-state index in [1.165, 1.54) is 57.8 Å². The van der Waals surface area contributed by atoms with Crippen LogP contribution in [0.15, 0.2) is 4.99 Å². The molecule has 3 aliphatic rings. The summed E-state index contributed by atoms with van der Waals surface area (Å²) in [5, 5.41) is 3.46. The van der Waals surface area contributed by atoms with Gasteiger partial charge in [0.15, 0.2) is 5.96 Å². The van der Waals surface area contributed by atoms with Crippen molar-refractivity contribution in [3.63, 3.8) is 0 Å². The SMILES string of the molecule is CCOC1CC(N=C(N)NC2CCCCC2)C12CCCC2.